The van der Waals surface area contributed by atoms with Crippen molar-refractivity contribution in [3.8, 4) is 0 Å². The zero-order valence-electron chi connectivity index (χ0n) is 17.7. The Morgan fingerprint density at radius 1 is 0.655 bits per heavy atom. The molecule has 1 aromatic rings. The van der Waals surface area contributed by atoms with E-state index in [9.17, 15) is 4.79 Å². The maximum absolute atomic E-state index is 12.9. The first-order chi connectivity index (χ1) is 14.0. The fourth-order valence-corrected chi connectivity index (χ4v) is 5.89. The molecule has 0 aliphatic carbocycles. The van der Waals surface area contributed by atoms with Crippen molar-refractivity contribution in [2.75, 3.05) is 6.61 Å². The van der Waals surface area contributed by atoms with Crippen LogP contribution in [0.3, 0.4) is 0 Å². The van der Waals surface area contributed by atoms with E-state index in [1.165, 1.54) is 57.8 Å². The topological polar surface area (TPSA) is 26.3 Å². The minimum absolute atomic E-state index is 0.236. The summed E-state index contributed by atoms with van der Waals surface area (Å²) >= 11 is 14.5. The summed E-state index contributed by atoms with van der Waals surface area (Å²) in [5.41, 5.74) is 1.67. The van der Waals surface area contributed by atoms with Crippen molar-refractivity contribution in [2.24, 2.45) is 0 Å². The minimum atomic E-state index is -0.236. The molecule has 0 heterocycles. The van der Waals surface area contributed by atoms with Crippen LogP contribution in [0.2, 0.25) is 0 Å². The molecule has 0 aliphatic rings. The van der Waals surface area contributed by atoms with Gasteiger partial charge in [0.25, 0.3) is 0 Å². The Bertz CT molecular complexity index is 632. The van der Waals surface area contributed by atoms with Crippen LogP contribution in [-0.2, 0) is 11.2 Å². The average Bonchev–Trinajstić information content (AvgIpc) is 2.71. The molecule has 0 fully saturated rings. The van der Waals surface area contributed by atoms with Crippen molar-refractivity contribution in [1.82, 2.24) is 0 Å². The lowest BCUT2D eigenvalue weighted by molar-refractivity contribution is 0.0495. The third-order valence-corrected chi connectivity index (χ3v) is 9.93. The van der Waals surface area contributed by atoms with E-state index in [-0.39, 0.29) is 5.97 Å². The predicted octanol–water partition coefficient (Wildman–Crippen LogP) is 10.2. The summed E-state index contributed by atoms with van der Waals surface area (Å²) in [6.45, 7) is 4.94. The Balaban J connectivity index is 2.73. The summed E-state index contributed by atoms with van der Waals surface area (Å²) in [6, 6.07) is 0. The number of halogens is 4. The number of hydrogen-bond donors (Lipinski definition) is 0. The molecule has 0 aliphatic heterocycles. The first-order valence-electron chi connectivity index (χ1n) is 11.0. The maximum atomic E-state index is 12.9. The van der Waals surface area contributed by atoms with Gasteiger partial charge in [0.15, 0.2) is 0 Å². The van der Waals surface area contributed by atoms with Crippen LogP contribution >= 0.6 is 63.7 Å². The van der Waals surface area contributed by atoms with E-state index in [1.807, 2.05) is 0 Å². The molecule has 1 aromatic carbocycles. The molecule has 0 radical (unpaired) electrons. The Hall–Kier alpha value is 0.610. The van der Waals surface area contributed by atoms with Gasteiger partial charge >= 0.3 is 5.97 Å². The highest BCUT2D eigenvalue weighted by Crippen LogP contribution is 2.43. The summed E-state index contributed by atoms with van der Waals surface area (Å²) in [5.74, 6) is -0.236. The second kappa shape index (κ2) is 16.3. The first kappa shape index (κ1) is 27.6. The molecule has 0 N–H and O–H groups in total. The van der Waals surface area contributed by atoms with E-state index >= 15 is 0 Å². The molecule has 1 rings (SSSR count). The highest BCUT2D eigenvalue weighted by Gasteiger charge is 2.24. The van der Waals surface area contributed by atoms with Gasteiger partial charge in [0, 0.05) is 17.9 Å². The summed E-state index contributed by atoms with van der Waals surface area (Å²) < 4.78 is 9.11. The quantitative estimate of drug-likeness (QED) is 0.0809. The van der Waals surface area contributed by atoms with Gasteiger partial charge in [0.05, 0.1) is 12.2 Å². The van der Waals surface area contributed by atoms with Gasteiger partial charge in [-0.1, -0.05) is 78.1 Å². The van der Waals surface area contributed by atoms with Crippen molar-refractivity contribution < 1.29 is 9.53 Å². The van der Waals surface area contributed by atoms with Crippen LogP contribution in [0.25, 0.3) is 0 Å². The molecule has 0 unspecified atom stereocenters. The normalized spacial score (nSPS) is 11.1. The molecule has 0 atom stereocenters. The summed E-state index contributed by atoms with van der Waals surface area (Å²) in [6.07, 6.45) is 15.3. The molecule has 166 valence electrons. The van der Waals surface area contributed by atoms with Crippen molar-refractivity contribution in [3.05, 3.63) is 29.0 Å². The predicted molar refractivity (Wildman–Crippen MR) is 138 cm³/mol. The fraction of sp³-hybridized carbons (Fsp3) is 0.696. The molecular weight excluding hydrogens is 628 g/mol. The van der Waals surface area contributed by atoms with E-state index in [2.05, 4.69) is 77.6 Å². The van der Waals surface area contributed by atoms with Crippen LogP contribution in [0.1, 0.15) is 107 Å². The zero-order valence-corrected chi connectivity index (χ0v) is 24.1. The number of esters is 1. The van der Waals surface area contributed by atoms with E-state index in [0.29, 0.717) is 12.2 Å². The first-order valence-corrected chi connectivity index (χ1v) is 14.1. The lowest BCUT2D eigenvalue weighted by Gasteiger charge is -2.17. The van der Waals surface area contributed by atoms with Gasteiger partial charge in [-0.05, 0) is 88.5 Å². The van der Waals surface area contributed by atoms with Crippen molar-refractivity contribution in [3.63, 3.8) is 0 Å². The summed E-state index contributed by atoms with van der Waals surface area (Å²) in [4.78, 5) is 12.9. The van der Waals surface area contributed by atoms with Gasteiger partial charge < -0.3 is 4.74 Å². The summed E-state index contributed by atoms with van der Waals surface area (Å²) in [5, 5.41) is 0. The van der Waals surface area contributed by atoms with Crippen molar-refractivity contribution in [2.45, 2.75) is 97.3 Å². The summed E-state index contributed by atoms with van der Waals surface area (Å²) in [7, 11) is 0. The number of rotatable bonds is 15. The molecule has 0 bridgehead atoms. The Labute approximate surface area is 210 Å². The van der Waals surface area contributed by atoms with Crippen LogP contribution in [0.5, 0.6) is 0 Å². The van der Waals surface area contributed by atoms with E-state index < -0.39 is 0 Å². The van der Waals surface area contributed by atoms with E-state index in [1.54, 1.807) is 0 Å². The fourth-order valence-electron chi connectivity index (χ4n) is 3.33. The number of carbonyl (C=O) groups is 1. The molecule has 29 heavy (non-hydrogen) atoms. The van der Waals surface area contributed by atoms with E-state index in [0.717, 1.165) is 49.1 Å². The number of ether oxygens (including phenoxy) is 1. The SMILES string of the molecule is CCCCCCCCOC(=O)c1c(Br)c(Br)c(Br)c(Br)c1CCCCCCCC. The third kappa shape index (κ3) is 9.74. The zero-order chi connectivity index (χ0) is 21.6. The van der Waals surface area contributed by atoms with Crippen LogP contribution in [0.4, 0.5) is 0 Å². The molecule has 6 heteroatoms. The van der Waals surface area contributed by atoms with E-state index in [4.69, 9.17) is 4.74 Å². The molecule has 0 saturated carbocycles. The third-order valence-electron chi connectivity index (χ3n) is 5.08. The second-order valence-electron chi connectivity index (χ2n) is 7.53. The van der Waals surface area contributed by atoms with Gasteiger partial charge in [-0.2, -0.15) is 0 Å². The lowest BCUT2D eigenvalue weighted by atomic mass is 10.0. The minimum Gasteiger partial charge on any atom is -0.462 e. The van der Waals surface area contributed by atoms with Crippen LogP contribution in [-0.4, -0.2) is 12.6 Å². The van der Waals surface area contributed by atoms with Gasteiger partial charge in [0.1, 0.15) is 0 Å². The van der Waals surface area contributed by atoms with Crippen LogP contribution < -0.4 is 0 Å². The Morgan fingerprint density at radius 2 is 1.14 bits per heavy atom. The van der Waals surface area contributed by atoms with Crippen LogP contribution in [0.15, 0.2) is 17.9 Å². The molecule has 2 nitrogen and oxygen atoms in total. The second-order valence-corrected chi connectivity index (χ2v) is 10.7. The highest BCUT2D eigenvalue weighted by molar-refractivity contribution is 9.15. The monoisotopic (exact) mass is 658 g/mol. The molecule has 0 saturated heterocycles. The maximum Gasteiger partial charge on any atom is 0.339 e. The number of benzene rings is 1. The van der Waals surface area contributed by atoms with Crippen molar-refractivity contribution >= 4 is 69.7 Å². The molecule has 0 spiro atoms. The van der Waals surface area contributed by atoms with Gasteiger partial charge in [-0.15, -0.1) is 0 Å². The van der Waals surface area contributed by atoms with Crippen LogP contribution in [0, 0.1) is 0 Å². The van der Waals surface area contributed by atoms with Gasteiger partial charge in [0.2, 0.25) is 0 Å². The molecule has 0 aromatic heterocycles. The van der Waals surface area contributed by atoms with Gasteiger partial charge in [-0.3, -0.25) is 0 Å². The van der Waals surface area contributed by atoms with Gasteiger partial charge in [-0.25, -0.2) is 4.79 Å². The Morgan fingerprint density at radius 3 is 1.72 bits per heavy atom. The largest absolute Gasteiger partial charge is 0.462 e. The smallest absolute Gasteiger partial charge is 0.339 e. The highest BCUT2D eigenvalue weighted by atomic mass is 79.9. The number of carbonyl (C=O) groups excluding carboxylic acids is 1. The molecule has 0 amide bonds. The van der Waals surface area contributed by atoms with Crippen molar-refractivity contribution in [1.29, 1.82) is 0 Å². The number of unbranched alkanes of at least 4 members (excludes halogenated alkanes) is 10. The number of hydrogen-bond acceptors (Lipinski definition) is 2. The lowest BCUT2D eigenvalue weighted by Crippen LogP contribution is -2.12. The Kier molecular flexibility index (Phi) is 15.5. The standard InChI is InChI=1S/C23H34Br4O2/c1-3-5-7-9-11-13-15-17-18(20(25)22(27)21(26)19(17)24)23(28)29-16-14-12-10-8-6-4-2/h3-16H2,1-2H3. The average molecular weight is 662 g/mol. The molecular formula is C23H34Br4O2.